The molecule has 0 saturated carbocycles. The summed E-state index contributed by atoms with van der Waals surface area (Å²) in [7, 11) is 0. The molecule has 0 spiro atoms. The van der Waals surface area contributed by atoms with Gasteiger partial charge in [-0.15, -0.1) is 0 Å². The van der Waals surface area contributed by atoms with Crippen LogP contribution >= 0.6 is 0 Å². The minimum absolute atomic E-state index is 0.167. The Hall–Kier alpha value is -2.88. The molecule has 3 heterocycles. The largest absolute Gasteiger partial charge is 0.459 e. The van der Waals surface area contributed by atoms with Crippen LogP contribution < -0.4 is 5.32 Å². The van der Waals surface area contributed by atoms with Crippen molar-refractivity contribution in [1.82, 2.24) is 20.0 Å². The predicted molar refractivity (Wildman–Crippen MR) is 121 cm³/mol. The Bertz CT molecular complexity index is 806. The first kappa shape index (κ1) is 26.4. The molecule has 0 atom stereocenters. The Morgan fingerprint density at radius 2 is 1.64 bits per heavy atom. The third kappa shape index (κ3) is 6.56. The van der Waals surface area contributed by atoms with Crippen LogP contribution in [-0.2, 0) is 9.59 Å². The van der Waals surface area contributed by atoms with Gasteiger partial charge < -0.3 is 24.6 Å². The van der Waals surface area contributed by atoms with E-state index in [0.29, 0.717) is 39.0 Å². The van der Waals surface area contributed by atoms with Crippen LogP contribution in [0.25, 0.3) is 0 Å². The summed E-state index contributed by atoms with van der Waals surface area (Å²) in [4.78, 5) is 54.6. The van der Waals surface area contributed by atoms with Crippen LogP contribution in [0.15, 0.2) is 22.8 Å². The van der Waals surface area contributed by atoms with Gasteiger partial charge in [-0.2, -0.15) is 0 Å². The summed E-state index contributed by atoms with van der Waals surface area (Å²) in [6.45, 7) is 8.56. The highest BCUT2D eigenvalue weighted by molar-refractivity contribution is 6.09. The third-order valence-corrected chi connectivity index (χ3v) is 5.54. The Morgan fingerprint density at radius 3 is 2.12 bits per heavy atom. The molecule has 0 unspecified atom stereocenters. The van der Waals surface area contributed by atoms with Crippen molar-refractivity contribution < 1.29 is 28.7 Å². The van der Waals surface area contributed by atoms with Crippen molar-refractivity contribution in [3.8, 4) is 0 Å². The minimum Gasteiger partial charge on any atom is -0.459 e. The molecule has 2 N–H and O–H groups in total. The molecule has 3 rings (SSSR count). The smallest absolute Gasteiger partial charge is 0.325 e. The Kier molecular flexibility index (Phi) is 9.45. The van der Waals surface area contributed by atoms with Crippen LogP contribution in [0.5, 0.6) is 0 Å². The number of hydrogen-bond acceptors (Lipinski definition) is 6. The molecule has 184 valence electrons. The fourth-order valence-corrected chi connectivity index (χ4v) is 4.09. The zero-order valence-electron chi connectivity index (χ0n) is 20.0. The van der Waals surface area contributed by atoms with Crippen molar-refractivity contribution in [1.29, 1.82) is 0 Å². The second kappa shape index (κ2) is 11.8. The van der Waals surface area contributed by atoms with Crippen LogP contribution in [0.2, 0.25) is 0 Å². The van der Waals surface area contributed by atoms with E-state index in [9.17, 15) is 19.2 Å². The molecule has 2 saturated heterocycles. The fourth-order valence-electron chi connectivity index (χ4n) is 4.09. The number of furan rings is 1. The molecule has 33 heavy (non-hydrogen) atoms. The third-order valence-electron chi connectivity index (χ3n) is 5.54. The monoisotopic (exact) mass is 464 g/mol. The van der Waals surface area contributed by atoms with E-state index in [-0.39, 0.29) is 36.1 Å². The standard InChI is InChI=1S/C20H28N4O5.C3H8O/c1-3-7-20(8-4-2)18(27)24(19(28)21-20)14-16(25)22-9-11-23(12-10-22)17(26)15-6-5-13-29-15;1-3(2)4/h5-6,13H,3-4,7-12,14H2,1-2H3,(H,21,28);3-4H,1-2H3. The Balaban J connectivity index is 0.000000890. The number of nitrogens with one attached hydrogen (secondary N) is 1. The highest BCUT2D eigenvalue weighted by Gasteiger charge is 2.50. The van der Waals surface area contributed by atoms with Crippen LogP contribution in [0.1, 0.15) is 63.9 Å². The molecule has 0 radical (unpaired) electrons. The molecule has 1 aromatic heterocycles. The summed E-state index contributed by atoms with van der Waals surface area (Å²) in [6.07, 6.45) is 3.93. The van der Waals surface area contributed by atoms with E-state index >= 15 is 0 Å². The molecular weight excluding hydrogens is 428 g/mol. The molecule has 2 fully saturated rings. The maximum Gasteiger partial charge on any atom is 0.325 e. The number of rotatable bonds is 7. The van der Waals surface area contributed by atoms with E-state index in [4.69, 9.17) is 9.52 Å². The van der Waals surface area contributed by atoms with E-state index in [1.54, 1.807) is 35.8 Å². The quantitative estimate of drug-likeness (QED) is 0.594. The van der Waals surface area contributed by atoms with E-state index < -0.39 is 11.6 Å². The van der Waals surface area contributed by atoms with Gasteiger partial charge in [-0.05, 0) is 38.8 Å². The molecule has 0 aromatic carbocycles. The zero-order chi connectivity index (χ0) is 24.6. The number of nitrogens with zero attached hydrogens (tertiary/aromatic N) is 3. The van der Waals surface area contributed by atoms with E-state index in [1.807, 2.05) is 13.8 Å². The SMILES string of the molecule is CC(C)O.CCCC1(CCC)NC(=O)N(CC(=O)N2CCN(C(=O)c3ccco3)CC2)C1=O. The lowest BCUT2D eigenvalue weighted by atomic mass is 9.88. The first-order valence-electron chi connectivity index (χ1n) is 11.6. The minimum atomic E-state index is -0.894. The molecule has 2 aliphatic rings. The van der Waals surface area contributed by atoms with Gasteiger partial charge in [-0.25, -0.2) is 4.79 Å². The van der Waals surface area contributed by atoms with Crippen molar-refractivity contribution in [3.63, 3.8) is 0 Å². The molecule has 0 bridgehead atoms. The molecule has 5 amide bonds. The number of hydrogen-bond donors (Lipinski definition) is 2. The van der Waals surface area contributed by atoms with Crippen molar-refractivity contribution in [3.05, 3.63) is 24.2 Å². The fraction of sp³-hybridized carbons (Fsp3) is 0.652. The Labute approximate surface area is 194 Å². The van der Waals surface area contributed by atoms with Gasteiger partial charge in [0.1, 0.15) is 12.1 Å². The lowest BCUT2D eigenvalue weighted by Gasteiger charge is -2.35. The van der Waals surface area contributed by atoms with Gasteiger partial charge in [0.25, 0.3) is 11.8 Å². The summed E-state index contributed by atoms with van der Waals surface area (Å²) in [6, 6.07) is 2.76. The van der Waals surface area contributed by atoms with Crippen LogP contribution in [0.3, 0.4) is 0 Å². The van der Waals surface area contributed by atoms with E-state index in [0.717, 1.165) is 17.7 Å². The maximum absolute atomic E-state index is 12.9. The number of urea groups is 1. The first-order valence-corrected chi connectivity index (χ1v) is 11.6. The van der Waals surface area contributed by atoms with Gasteiger partial charge in [0, 0.05) is 32.3 Å². The van der Waals surface area contributed by atoms with Gasteiger partial charge >= 0.3 is 6.03 Å². The van der Waals surface area contributed by atoms with Crippen LogP contribution in [0.4, 0.5) is 4.79 Å². The number of carbonyl (C=O) groups is 4. The molecule has 1 aromatic rings. The lowest BCUT2D eigenvalue weighted by molar-refractivity contribution is -0.140. The summed E-state index contributed by atoms with van der Waals surface area (Å²) < 4.78 is 5.13. The van der Waals surface area contributed by atoms with Gasteiger partial charge in [0.2, 0.25) is 5.91 Å². The van der Waals surface area contributed by atoms with Gasteiger partial charge in [-0.1, -0.05) is 26.7 Å². The topological polar surface area (TPSA) is 123 Å². The molecule has 10 nitrogen and oxygen atoms in total. The van der Waals surface area contributed by atoms with Crippen LogP contribution in [0, 0.1) is 0 Å². The predicted octanol–water partition coefficient (Wildman–Crippen LogP) is 1.84. The summed E-state index contributed by atoms with van der Waals surface area (Å²) in [5.41, 5.74) is -0.894. The van der Waals surface area contributed by atoms with Crippen molar-refractivity contribution in [2.45, 2.75) is 65.0 Å². The molecular formula is C23H36N4O6. The number of imide groups is 1. The summed E-state index contributed by atoms with van der Waals surface area (Å²) in [5, 5.41) is 10.9. The van der Waals surface area contributed by atoms with Crippen LogP contribution in [-0.4, -0.2) is 87.9 Å². The lowest BCUT2D eigenvalue weighted by Crippen LogP contribution is -2.53. The normalized spacial score (nSPS) is 17.7. The number of aliphatic hydroxyl groups excluding tert-OH is 1. The number of piperazine rings is 1. The van der Waals surface area contributed by atoms with E-state index in [1.165, 1.54) is 6.26 Å². The second-order valence-electron chi connectivity index (χ2n) is 8.65. The molecule has 0 aliphatic carbocycles. The summed E-state index contributed by atoms with van der Waals surface area (Å²) in [5.74, 6) is -0.541. The number of aliphatic hydroxyl groups is 1. The van der Waals surface area contributed by atoms with Crippen molar-refractivity contribution in [2.75, 3.05) is 32.7 Å². The molecule has 2 aliphatic heterocycles. The van der Waals surface area contributed by atoms with Crippen molar-refractivity contribution in [2.24, 2.45) is 0 Å². The zero-order valence-corrected chi connectivity index (χ0v) is 20.0. The van der Waals surface area contributed by atoms with Gasteiger partial charge in [0.05, 0.1) is 6.26 Å². The van der Waals surface area contributed by atoms with Gasteiger partial charge in [-0.3, -0.25) is 19.3 Å². The van der Waals surface area contributed by atoms with Crippen molar-refractivity contribution >= 4 is 23.8 Å². The average Bonchev–Trinajstić information content (AvgIpc) is 3.37. The first-order chi connectivity index (χ1) is 15.6. The summed E-state index contributed by atoms with van der Waals surface area (Å²) >= 11 is 0. The highest BCUT2D eigenvalue weighted by atomic mass is 16.3. The van der Waals surface area contributed by atoms with Gasteiger partial charge in [0.15, 0.2) is 5.76 Å². The maximum atomic E-state index is 12.9. The number of amides is 5. The Morgan fingerprint density at radius 1 is 1.09 bits per heavy atom. The van der Waals surface area contributed by atoms with E-state index in [2.05, 4.69) is 5.32 Å². The number of carbonyl (C=O) groups excluding carboxylic acids is 4. The second-order valence-corrected chi connectivity index (χ2v) is 8.65. The molecule has 10 heteroatoms. The highest BCUT2D eigenvalue weighted by Crippen LogP contribution is 2.28. The average molecular weight is 465 g/mol.